The van der Waals surface area contributed by atoms with Gasteiger partial charge in [-0.15, -0.1) is 0 Å². The van der Waals surface area contributed by atoms with Gasteiger partial charge in [-0.1, -0.05) is 32.4 Å². The van der Waals surface area contributed by atoms with Crippen molar-refractivity contribution < 1.29 is 23.9 Å². The first-order valence-corrected chi connectivity index (χ1v) is 9.49. The Balaban J connectivity index is 2.46. The summed E-state index contributed by atoms with van der Waals surface area (Å²) in [5.74, 6) is 0.238. The molecule has 2 N–H and O–H groups in total. The normalized spacial score (nSPS) is 21.0. The Bertz CT molecular complexity index is 747. The van der Waals surface area contributed by atoms with Gasteiger partial charge in [-0.2, -0.15) is 0 Å². The molecule has 1 aliphatic heterocycles. The number of primary amides is 1. The second kappa shape index (κ2) is 8.82. The summed E-state index contributed by atoms with van der Waals surface area (Å²) in [6.45, 7) is 6.73. The van der Waals surface area contributed by atoms with Gasteiger partial charge < -0.3 is 20.1 Å². The number of likely N-dealkylation sites (tertiary alicyclic amines) is 1. The van der Waals surface area contributed by atoms with Crippen molar-refractivity contribution in [3.05, 3.63) is 28.3 Å². The summed E-state index contributed by atoms with van der Waals surface area (Å²) in [5.41, 5.74) is 6.01. The predicted octanol–water partition coefficient (Wildman–Crippen LogP) is 3.58. The Labute approximate surface area is 170 Å². The maximum absolute atomic E-state index is 11.6. The van der Waals surface area contributed by atoms with E-state index < -0.39 is 12.2 Å². The van der Waals surface area contributed by atoms with Gasteiger partial charge in [0, 0.05) is 29.1 Å². The molecule has 0 aliphatic carbocycles. The molecule has 1 aromatic carbocycles. The van der Waals surface area contributed by atoms with E-state index in [2.05, 4.69) is 20.8 Å². The summed E-state index contributed by atoms with van der Waals surface area (Å²) in [7, 11) is 1.45. The Hall–Kier alpha value is -2.28. The minimum atomic E-state index is -0.912. The van der Waals surface area contributed by atoms with Crippen LogP contribution in [0.4, 0.5) is 4.79 Å². The number of carbonyl (C=O) groups is 3. The van der Waals surface area contributed by atoms with Crippen LogP contribution in [0.25, 0.3) is 0 Å². The Morgan fingerprint density at radius 3 is 2.54 bits per heavy atom. The third-order valence-corrected chi connectivity index (χ3v) is 5.60. The molecule has 0 saturated carbocycles. The highest BCUT2D eigenvalue weighted by atomic mass is 35.5. The molecule has 0 aromatic heterocycles. The number of amides is 2. The average molecular weight is 411 g/mol. The van der Waals surface area contributed by atoms with Crippen LogP contribution in [0.1, 0.15) is 55.6 Å². The van der Waals surface area contributed by atoms with Crippen LogP contribution in [-0.2, 0) is 9.53 Å². The molecule has 3 unspecified atom stereocenters. The summed E-state index contributed by atoms with van der Waals surface area (Å²) in [5, 5.41) is 0.291. The molecule has 2 rings (SSSR count). The molecule has 0 bridgehead atoms. The van der Waals surface area contributed by atoms with Crippen LogP contribution in [0.2, 0.25) is 5.02 Å². The number of piperidine rings is 1. The molecule has 28 heavy (non-hydrogen) atoms. The lowest BCUT2D eigenvalue weighted by atomic mass is 9.74. The first-order valence-electron chi connectivity index (χ1n) is 9.12. The molecular formula is C20H27ClN2O5. The van der Waals surface area contributed by atoms with Gasteiger partial charge in [0.25, 0.3) is 0 Å². The van der Waals surface area contributed by atoms with Crippen molar-refractivity contribution in [1.82, 2.24) is 4.90 Å². The largest absolute Gasteiger partial charge is 0.496 e. The van der Waals surface area contributed by atoms with Crippen LogP contribution in [0.15, 0.2) is 12.1 Å². The Morgan fingerprint density at radius 1 is 1.36 bits per heavy atom. The van der Waals surface area contributed by atoms with Gasteiger partial charge in [0.2, 0.25) is 6.41 Å². The molecule has 1 fully saturated rings. The van der Waals surface area contributed by atoms with E-state index in [4.69, 9.17) is 26.8 Å². The van der Waals surface area contributed by atoms with E-state index in [1.165, 1.54) is 13.2 Å². The van der Waals surface area contributed by atoms with Crippen molar-refractivity contribution in [3.8, 4) is 5.75 Å². The Morgan fingerprint density at radius 2 is 2.04 bits per heavy atom. The van der Waals surface area contributed by atoms with Gasteiger partial charge in [0.1, 0.15) is 11.9 Å². The predicted molar refractivity (Wildman–Crippen MR) is 106 cm³/mol. The van der Waals surface area contributed by atoms with Crippen molar-refractivity contribution in [2.24, 2.45) is 17.1 Å². The number of aldehydes is 1. The molecule has 1 saturated heterocycles. The monoisotopic (exact) mass is 410 g/mol. The molecule has 1 aromatic rings. The van der Waals surface area contributed by atoms with Crippen LogP contribution >= 0.6 is 11.6 Å². The number of rotatable bonds is 6. The number of carbonyl (C=O) groups excluding carboxylic acids is 3. The van der Waals surface area contributed by atoms with Crippen LogP contribution in [-0.4, -0.2) is 43.4 Å². The van der Waals surface area contributed by atoms with Crippen LogP contribution in [0, 0.1) is 11.3 Å². The summed E-state index contributed by atoms with van der Waals surface area (Å²) in [6, 6.07) is 3.07. The third-order valence-electron chi connectivity index (χ3n) is 5.27. The number of methoxy groups -OCH3 is 1. The lowest BCUT2D eigenvalue weighted by Gasteiger charge is -2.45. The van der Waals surface area contributed by atoms with Gasteiger partial charge in [-0.3, -0.25) is 9.59 Å². The zero-order valence-corrected chi connectivity index (χ0v) is 17.4. The first kappa shape index (κ1) is 22.0. The SMILES string of the molecule is COc1cc(C(OC(N)=O)C2CCN(C=O)C(C(C)(C)C)C2)c(Cl)cc1C=O. The van der Waals surface area contributed by atoms with E-state index in [1.807, 2.05) is 0 Å². The van der Waals surface area contributed by atoms with Crippen molar-refractivity contribution in [3.63, 3.8) is 0 Å². The van der Waals surface area contributed by atoms with E-state index in [0.717, 1.165) is 6.41 Å². The number of hydrogen-bond acceptors (Lipinski definition) is 5. The van der Waals surface area contributed by atoms with E-state index in [-0.39, 0.29) is 17.4 Å². The standard InChI is InChI=1S/C20H27ClN2O5/c1-20(2,3)17-8-12(5-6-23(17)11-25)18(28-19(22)26)14-9-16(27-4)13(10-24)7-15(14)21/h7,9-12,17-18H,5-6,8H2,1-4H3,(H2,22,26). The fourth-order valence-electron chi connectivity index (χ4n) is 3.87. The lowest BCUT2D eigenvalue weighted by Crippen LogP contribution is -2.49. The molecule has 1 aliphatic rings. The highest BCUT2D eigenvalue weighted by molar-refractivity contribution is 6.31. The van der Waals surface area contributed by atoms with Gasteiger partial charge in [0.05, 0.1) is 12.7 Å². The molecule has 8 heteroatoms. The molecular weight excluding hydrogens is 384 g/mol. The topological polar surface area (TPSA) is 98.9 Å². The zero-order valence-electron chi connectivity index (χ0n) is 16.6. The van der Waals surface area contributed by atoms with Crippen molar-refractivity contribution in [1.29, 1.82) is 0 Å². The maximum atomic E-state index is 11.6. The fraction of sp³-hybridized carbons (Fsp3) is 0.550. The number of nitrogens with zero attached hydrogens (tertiary/aromatic N) is 1. The first-order chi connectivity index (χ1) is 13.1. The summed E-state index contributed by atoms with van der Waals surface area (Å²) >= 11 is 6.40. The number of hydrogen-bond donors (Lipinski definition) is 1. The van der Waals surface area contributed by atoms with Crippen LogP contribution < -0.4 is 10.5 Å². The van der Waals surface area contributed by atoms with E-state index >= 15 is 0 Å². The fourth-order valence-corrected chi connectivity index (χ4v) is 4.15. The van der Waals surface area contributed by atoms with Crippen LogP contribution in [0.3, 0.4) is 0 Å². The van der Waals surface area contributed by atoms with Crippen molar-refractivity contribution in [2.45, 2.75) is 45.8 Å². The molecule has 2 amide bonds. The minimum absolute atomic E-state index is 0.0300. The van der Waals surface area contributed by atoms with Crippen LogP contribution in [0.5, 0.6) is 5.75 Å². The molecule has 1 heterocycles. The van der Waals surface area contributed by atoms with E-state index in [1.54, 1.807) is 11.0 Å². The van der Waals surface area contributed by atoms with E-state index in [0.29, 0.717) is 47.6 Å². The number of halogens is 1. The summed E-state index contributed by atoms with van der Waals surface area (Å²) < 4.78 is 10.7. The van der Waals surface area contributed by atoms with Gasteiger partial charge >= 0.3 is 6.09 Å². The maximum Gasteiger partial charge on any atom is 0.405 e. The van der Waals surface area contributed by atoms with Gasteiger partial charge in [-0.05, 0) is 30.4 Å². The molecule has 0 radical (unpaired) electrons. The van der Waals surface area contributed by atoms with Gasteiger partial charge in [-0.25, -0.2) is 4.79 Å². The van der Waals surface area contributed by atoms with E-state index in [9.17, 15) is 14.4 Å². The number of benzene rings is 1. The second-order valence-corrected chi connectivity index (χ2v) is 8.51. The smallest absolute Gasteiger partial charge is 0.405 e. The summed E-state index contributed by atoms with van der Waals surface area (Å²) in [6.07, 6.45) is 1.13. The van der Waals surface area contributed by atoms with Gasteiger partial charge in [0.15, 0.2) is 6.29 Å². The Kier molecular flexibility index (Phi) is 6.93. The minimum Gasteiger partial charge on any atom is -0.496 e. The summed E-state index contributed by atoms with van der Waals surface area (Å²) in [4.78, 5) is 36.1. The van der Waals surface area contributed by atoms with Crippen molar-refractivity contribution in [2.75, 3.05) is 13.7 Å². The number of nitrogens with two attached hydrogens (primary N) is 1. The number of ether oxygens (including phenoxy) is 2. The molecule has 7 nitrogen and oxygen atoms in total. The highest BCUT2D eigenvalue weighted by Gasteiger charge is 2.40. The van der Waals surface area contributed by atoms with Crippen molar-refractivity contribution >= 4 is 30.4 Å². The molecule has 154 valence electrons. The second-order valence-electron chi connectivity index (χ2n) is 8.10. The average Bonchev–Trinajstić information content (AvgIpc) is 2.64. The highest BCUT2D eigenvalue weighted by Crippen LogP contribution is 2.43. The molecule has 3 atom stereocenters. The zero-order chi connectivity index (χ0) is 21.1. The third kappa shape index (κ3) is 4.76. The molecule has 0 spiro atoms. The lowest BCUT2D eigenvalue weighted by molar-refractivity contribution is -0.126. The quantitative estimate of drug-likeness (QED) is 0.722.